The summed E-state index contributed by atoms with van der Waals surface area (Å²) >= 11 is 6.14. The Labute approximate surface area is 94.4 Å². The lowest BCUT2D eigenvalue weighted by molar-refractivity contribution is 0.174. The summed E-state index contributed by atoms with van der Waals surface area (Å²) in [6.45, 7) is 4.43. The number of rotatable bonds is 2. The van der Waals surface area contributed by atoms with Gasteiger partial charge in [0, 0.05) is 32.2 Å². The average molecular weight is 230 g/mol. The fourth-order valence-corrected chi connectivity index (χ4v) is 2.27. The van der Waals surface area contributed by atoms with E-state index in [0.29, 0.717) is 5.15 Å². The minimum atomic E-state index is -0.180. The second kappa shape index (κ2) is 4.12. The van der Waals surface area contributed by atoms with Gasteiger partial charge in [-0.25, -0.2) is 0 Å². The van der Waals surface area contributed by atoms with Gasteiger partial charge in [-0.1, -0.05) is 11.6 Å². The van der Waals surface area contributed by atoms with E-state index in [2.05, 4.69) is 10.00 Å². The van der Waals surface area contributed by atoms with Crippen LogP contribution in [0.2, 0.25) is 5.15 Å². The maximum absolute atomic E-state index is 9.43. The predicted octanol–water partition coefficient (Wildman–Crippen LogP) is 0.949. The van der Waals surface area contributed by atoms with Crippen molar-refractivity contribution in [3.05, 3.63) is 16.4 Å². The predicted molar refractivity (Wildman–Crippen MR) is 58.9 cm³/mol. The Kier molecular flexibility index (Phi) is 3.00. The van der Waals surface area contributed by atoms with Crippen LogP contribution in [-0.4, -0.2) is 39.0 Å². The molecule has 1 N–H and O–H groups in total. The Morgan fingerprint density at radius 1 is 1.60 bits per heavy atom. The molecule has 1 atom stereocenters. The molecule has 2 heterocycles. The fourth-order valence-electron chi connectivity index (χ4n) is 2.03. The van der Waals surface area contributed by atoms with E-state index < -0.39 is 0 Å². The Balaban J connectivity index is 2.10. The van der Waals surface area contributed by atoms with Gasteiger partial charge in [-0.05, 0) is 13.3 Å². The molecular weight excluding hydrogens is 214 g/mol. The number of hydrogen-bond donors (Lipinski definition) is 1. The first-order chi connectivity index (χ1) is 7.08. The zero-order valence-corrected chi connectivity index (χ0v) is 9.83. The number of aliphatic hydroxyl groups excluding tert-OH is 1. The topological polar surface area (TPSA) is 41.3 Å². The lowest BCUT2D eigenvalue weighted by Crippen LogP contribution is -2.21. The summed E-state index contributed by atoms with van der Waals surface area (Å²) in [4.78, 5) is 2.21. The van der Waals surface area contributed by atoms with Crippen molar-refractivity contribution in [2.45, 2.75) is 26.0 Å². The van der Waals surface area contributed by atoms with Gasteiger partial charge < -0.3 is 5.11 Å². The van der Waals surface area contributed by atoms with Crippen molar-refractivity contribution in [3.63, 3.8) is 0 Å². The molecule has 1 aliphatic rings. The molecule has 0 radical (unpaired) electrons. The number of aryl methyl sites for hydroxylation is 2. The van der Waals surface area contributed by atoms with E-state index in [1.165, 1.54) is 0 Å². The monoisotopic (exact) mass is 229 g/mol. The van der Waals surface area contributed by atoms with Crippen molar-refractivity contribution in [1.82, 2.24) is 14.7 Å². The van der Waals surface area contributed by atoms with Crippen LogP contribution < -0.4 is 0 Å². The number of aliphatic hydroxyl groups is 1. The van der Waals surface area contributed by atoms with Crippen molar-refractivity contribution >= 4 is 11.6 Å². The molecule has 0 amide bonds. The lowest BCUT2D eigenvalue weighted by Gasteiger charge is -2.14. The SMILES string of the molecule is Cc1nn(C)c(Cl)c1CN1CC[C@@H](O)C1. The van der Waals surface area contributed by atoms with E-state index in [1.54, 1.807) is 4.68 Å². The molecule has 2 rings (SSSR count). The Bertz CT molecular complexity index is 364. The van der Waals surface area contributed by atoms with Crippen molar-refractivity contribution in [2.24, 2.45) is 7.05 Å². The largest absolute Gasteiger partial charge is 0.392 e. The quantitative estimate of drug-likeness (QED) is 0.821. The van der Waals surface area contributed by atoms with Crippen molar-refractivity contribution in [3.8, 4) is 0 Å². The van der Waals surface area contributed by atoms with Crippen LogP contribution in [-0.2, 0) is 13.6 Å². The zero-order chi connectivity index (χ0) is 11.0. The molecule has 4 nitrogen and oxygen atoms in total. The van der Waals surface area contributed by atoms with E-state index in [9.17, 15) is 5.11 Å². The third-order valence-electron chi connectivity index (χ3n) is 2.90. The summed E-state index contributed by atoms with van der Waals surface area (Å²) in [5, 5.41) is 14.4. The molecule has 0 bridgehead atoms. The van der Waals surface area contributed by atoms with Gasteiger partial charge in [0.05, 0.1) is 11.8 Å². The standard InChI is InChI=1S/C10H16ClN3O/c1-7-9(10(11)13(2)12-7)6-14-4-3-8(15)5-14/h8,15H,3-6H2,1-2H3/t8-/m1/s1. The summed E-state index contributed by atoms with van der Waals surface area (Å²) in [5.41, 5.74) is 2.05. The van der Waals surface area contributed by atoms with Gasteiger partial charge in [-0.15, -0.1) is 0 Å². The van der Waals surface area contributed by atoms with Gasteiger partial charge in [0.25, 0.3) is 0 Å². The van der Waals surface area contributed by atoms with Gasteiger partial charge in [-0.2, -0.15) is 5.10 Å². The maximum atomic E-state index is 9.43. The average Bonchev–Trinajstić information content (AvgIpc) is 2.67. The molecule has 0 aliphatic carbocycles. The minimum absolute atomic E-state index is 0.180. The third kappa shape index (κ3) is 2.17. The number of likely N-dealkylation sites (tertiary alicyclic amines) is 1. The van der Waals surface area contributed by atoms with Crippen LogP contribution in [0, 0.1) is 6.92 Å². The van der Waals surface area contributed by atoms with Crippen LogP contribution in [0.5, 0.6) is 0 Å². The summed E-state index contributed by atoms with van der Waals surface area (Å²) in [7, 11) is 1.84. The maximum Gasteiger partial charge on any atom is 0.131 e. The highest BCUT2D eigenvalue weighted by Gasteiger charge is 2.22. The molecule has 1 saturated heterocycles. The highest BCUT2D eigenvalue weighted by Crippen LogP contribution is 2.22. The number of halogens is 1. The molecule has 0 spiro atoms. The zero-order valence-electron chi connectivity index (χ0n) is 9.07. The highest BCUT2D eigenvalue weighted by molar-refractivity contribution is 6.30. The van der Waals surface area contributed by atoms with Crippen LogP contribution in [0.25, 0.3) is 0 Å². The molecular formula is C10H16ClN3O. The summed E-state index contributed by atoms with van der Waals surface area (Å²) in [6.07, 6.45) is 0.678. The first kappa shape index (κ1) is 10.9. The molecule has 0 unspecified atom stereocenters. The molecule has 1 fully saturated rings. The number of aromatic nitrogens is 2. The molecule has 1 aromatic heterocycles. The van der Waals surface area contributed by atoms with Gasteiger partial charge in [0.2, 0.25) is 0 Å². The summed E-state index contributed by atoms with van der Waals surface area (Å²) in [5.74, 6) is 0. The van der Waals surface area contributed by atoms with Crippen LogP contribution in [0.1, 0.15) is 17.7 Å². The van der Waals surface area contributed by atoms with Crippen LogP contribution in [0.15, 0.2) is 0 Å². The molecule has 84 valence electrons. The highest BCUT2D eigenvalue weighted by atomic mass is 35.5. The van der Waals surface area contributed by atoms with E-state index in [1.807, 2.05) is 14.0 Å². The fraction of sp³-hybridized carbons (Fsp3) is 0.700. The number of β-amino-alcohol motifs (C(OH)–C–C–N with tert-alkyl or cyclic N) is 1. The van der Waals surface area contributed by atoms with E-state index in [4.69, 9.17) is 11.6 Å². The van der Waals surface area contributed by atoms with E-state index in [0.717, 1.165) is 37.3 Å². The smallest absolute Gasteiger partial charge is 0.131 e. The Morgan fingerprint density at radius 3 is 2.80 bits per heavy atom. The molecule has 1 aliphatic heterocycles. The first-order valence-electron chi connectivity index (χ1n) is 5.16. The third-order valence-corrected chi connectivity index (χ3v) is 3.37. The molecule has 1 aromatic rings. The van der Waals surface area contributed by atoms with Crippen molar-refractivity contribution < 1.29 is 5.11 Å². The molecule has 0 saturated carbocycles. The van der Waals surface area contributed by atoms with Crippen molar-refractivity contribution in [2.75, 3.05) is 13.1 Å². The van der Waals surface area contributed by atoms with Crippen LogP contribution in [0.4, 0.5) is 0 Å². The van der Waals surface area contributed by atoms with Gasteiger partial charge >= 0.3 is 0 Å². The molecule has 0 aromatic carbocycles. The second-order valence-corrected chi connectivity index (χ2v) is 4.51. The van der Waals surface area contributed by atoms with Crippen molar-refractivity contribution in [1.29, 1.82) is 0 Å². The normalized spacial score (nSPS) is 22.5. The van der Waals surface area contributed by atoms with Gasteiger partial charge in [-0.3, -0.25) is 9.58 Å². The van der Waals surface area contributed by atoms with Crippen LogP contribution >= 0.6 is 11.6 Å². The number of nitrogens with zero attached hydrogens (tertiary/aromatic N) is 3. The van der Waals surface area contributed by atoms with Gasteiger partial charge in [0.1, 0.15) is 5.15 Å². The lowest BCUT2D eigenvalue weighted by atomic mass is 10.2. The number of hydrogen-bond acceptors (Lipinski definition) is 3. The van der Waals surface area contributed by atoms with Gasteiger partial charge in [0.15, 0.2) is 0 Å². The second-order valence-electron chi connectivity index (χ2n) is 4.16. The molecule has 15 heavy (non-hydrogen) atoms. The van der Waals surface area contributed by atoms with Crippen LogP contribution in [0.3, 0.4) is 0 Å². The Hall–Kier alpha value is -0.580. The Morgan fingerprint density at radius 2 is 2.33 bits per heavy atom. The van der Waals surface area contributed by atoms with E-state index in [-0.39, 0.29) is 6.10 Å². The summed E-state index contributed by atoms with van der Waals surface area (Å²) in [6, 6.07) is 0. The van der Waals surface area contributed by atoms with E-state index >= 15 is 0 Å². The summed E-state index contributed by atoms with van der Waals surface area (Å²) < 4.78 is 1.69. The minimum Gasteiger partial charge on any atom is -0.392 e. The molecule has 5 heteroatoms. The first-order valence-corrected chi connectivity index (χ1v) is 5.54.